The van der Waals surface area contributed by atoms with Crippen molar-refractivity contribution in [1.29, 1.82) is 0 Å². The standard InChI is InChI=1S/C15H21NO2/c1-2-3-4-8-16-12-13-6-7-14-15(11-13)18-10-5-9-17-14/h2-3,6-7,11,16H,4-5,8-10,12H2,1H3/b3-2+. The second-order valence-electron chi connectivity index (χ2n) is 4.37. The summed E-state index contributed by atoms with van der Waals surface area (Å²) in [6, 6.07) is 6.17. The van der Waals surface area contributed by atoms with Crippen molar-refractivity contribution in [3.05, 3.63) is 35.9 Å². The van der Waals surface area contributed by atoms with Crippen molar-refractivity contribution in [2.24, 2.45) is 0 Å². The van der Waals surface area contributed by atoms with Crippen molar-refractivity contribution in [1.82, 2.24) is 5.32 Å². The second-order valence-corrected chi connectivity index (χ2v) is 4.37. The minimum absolute atomic E-state index is 0.741. The van der Waals surface area contributed by atoms with E-state index < -0.39 is 0 Å². The summed E-state index contributed by atoms with van der Waals surface area (Å²) in [5.41, 5.74) is 1.24. The van der Waals surface area contributed by atoms with E-state index in [1.54, 1.807) is 0 Å². The molecule has 0 unspecified atom stereocenters. The zero-order valence-corrected chi connectivity index (χ0v) is 10.9. The van der Waals surface area contributed by atoms with Gasteiger partial charge in [0.1, 0.15) is 0 Å². The van der Waals surface area contributed by atoms with Crippen molar-refractivity contribution < 1.29 is 9.47 Å². The van der Waals surface area contributed by atoms with E-state index in [0.29, 0.717) is 0 Å². The number of hydrogen-bond donors (Lipinski definition) is 1. The Morgan fingerprint density at radius 2 is 2.06 bits per heavy atom. The molecule has 2 rings (SSSR count). The highest BCUT2D eigenvalue weighted by Crippen LogP contribution is 2.30. The van der Waals surface area contributed by atoms with Crippen LogP contribution in [0.4, 0.5) is 0 Å². The molecule has 0 fully saturated rings. The molecule has 0 saturated carbocycles. The maximum absolute atomic E-state index is 5.67. The third-order valence-electron chi connectivity index (χ3n) is 2.86. The highest BCUT2D eigenvalue weighted by atomic mass is 16.5. The van der Waals surface area contributed by atoms with E-state index in [2.05, 4.69) is 29.6 Å². The summed E-state index contributed by atoms with van der Waals surface area (Å²) < 4.78 is 11.3. The molecule has 0 aromatic heterocycles. The molecule has 0 saturated heterocycles. The lowest BCUT2D eigenvalue weighted by atomic mass is 10.2. The molecular weight excluding hydrogens is 226 g/mol. The Labute approximate surface area is 109 Å². The largest absolute Gasteiger partial charge is 0.490 e. The van der Waals surface area contributed by atoms with Gasteiger partial charge in [0.05, 0.1) is 13.2 Å². The summed E-state index contributed by atoms with van der Waals surface area (Å²) in [4.78, 5) is 0. The molecule has 1 aromatic rings. The monoisotopic (exact) mass is 247 g/mol. The second kappa shape index (κ2) is 7.07. The Balaban J connectivity index is 1.87. The highest BCUT2D eigenvalue weighted by Gasteiger charge is 2.10. The summed E-state index contributed by atoms with van der Waals surface area (Å²) in [5.74, 6) is 1.74. The van der Waals surface area contributed by atoms with Crippen LogP contribution >= 0.6 is 0 Å². The van der Waals surface area contributed by atoms with Gasteiger partial charge in [-0.05, 0) is 37.6 Å². The molecule has 3 nitrogen and oxygen atoms in total. The van der Waals surface area contributed by atoms with E-state index in [0.717, 1.165) is 50.6 Å². The summed E-state index contributed by atoms with van der Waals surface area (Å²) >= 11 is 0. The van der Waals surface area contributed by atoms with Gasteiger partial charge in [0.25, 0.3) is 0 Å². The highest BCUT2D eigenvalue weighted by molar-refractivity contribution is 5.43. The number of allylic oxidation sites excluding steroid dienone is 1. The lowest BCUT2D eigenvalue weighted by Gasteiger charge is -2.09. The van der Waals surface area contributed by atoms with Crippen molar-refractivity contribution >= 4 is 0 Å². The average Bonchev–Trinajstić information content (AvgIpc) is 2.63. The van der Waals surface area contributed by atoms with E-state index >= 15 is 0 Å². The minimum atomic E-state index is 0.741. The number of hydrogen-bond acceptors (Lipinski definition) is 3. The smallest absolute Gasteiger partial charge is 0.161 e. The molecule has 98 valence electrons. The van der Waals surface area contributed by atoms with Gasteiger partial charge in [-0.1, -0.05) is 18.2 Å². The fourth-order valence-electron chi connectivity index (χ4n) is 1.90. The van der Waals surface area contributed by atoms with Crippen LogP contribution in [-0.2, 0) is 6.54 Å². The van der Waals surface area contributed by atoms with Gasteiger partial charge < -0.3 is 14.8 Å². The Bertz CT molecular complexity index is 401. The lowest BCUT2D eigenvalue weighted by Crippen LogP contribution is -2.14. The number of nitrogens with one attached hydrogen (secondary N) is 1. The number of fused-ring (bicyclic) bond motifs is 1. The fourth-order valence-corrected chi connectivity index (χ4v) is 1.90. The van der Waals surface area contributed by atoms with Gasteiger partial charge in [-0.15, -0.1) is 0 Å². The normalized spacial score (nSPS) is 14.7. The van der Waals surface area contributed by atoms with E-state index in [-0.39, 0.29) is 0 Å². The lowest BCUT2D eigenvalue weighted by molar-refractivity contribution is 0.297. The van der Waals surface area contributed by atoms with Gasteiger partial charge in [-0.2, -0.15) is 0 Å². The van der Waals surface area contributed by atoms with Gasteiger partial charge in [-0.3, -0.25) is 0 Å². The third-order valence-corrected chi connectivity index (χ3v) is 2.86. The van der Waals surface area contributed by atoms with Gasteiger partial charge >= 0.3 is 0 Å². The SMILES string of the molecule is C/C=C/CCNCc1ccc2c(c1)OCCCO2. The van der Waals surface area contributed by atoms with Gasteiger partial charge in [0, 0.05) is 13.0 Å². The molecular formula is C15H21NO2. The van der Waals surface area contributed by atoms with Gasteiger partial charge in [-0.25, -0.2) is 0 Å². The van der Waals surface area contributed by atoms with E-state index in [4.69, 9.17) is 9.47 Å². The van der Waals surface area contributed by atoms with Crippen molar-refractivity contribution in [2.45, 2.75) is 26.3 Å². The van der Waals surface area contributed by atoms with Crippen LogP contribution in [0.5, 0.6) is 11.5 Å². The molecule has 18 heavy (non-hydrogen) atoms. The van der Waals surface area contributed by atoms with Crippen molar-refractivity contribution in [3.8, 4) is 11.5 Å². The zero-order valence-electron chi connectivity index (χ0n) is 10.9. The predicted molar refractivity (Wildman–Crippen MR) is 73.2 cm³/mol. The quantitative estimate of drug-likeness (QED) is 0.641. The van der Waals surface area contributed by atoms with Crippen LogP contribution in [0.25, 0.3) is 0 Å². The minimum Gasteiger partial charge on any atom is -0.490 e. The molecule has 1 N–H and O–H groups in total. The van der Waals surface area contributed by atoms with Crippen LogP contribution in [0, 0.1) is 0 Å². The van der Waals surface area contributed by atoms with Crippen molar-refractivity contribution in [3.63, 3.8) is 0 Å². The van der Waals surface area contributed by atoms with Gasteiger partial charge in [0.2, 0.25) is 0 Å². The van der Waals surface area contributed by atoms with Crippen LogP contribution in [0.3, 0.4) is 0 Å². The van der Waals surface area contributed by atoms with Crippen LogP contribution < -0.4 is 14.8 Å². The molecule has 1 aliphatic heterocycles. The number of ether oxygens (including phenoxy) is 2. The molecule has 1 aromatic carbocycles. The van der Waals surface area contributed by atoms with Crippen LogP contribution in [0.2, 0.25) is 0 Å². The topological polar surface area (TPSA) is 30.5 Å². The first-order valence-electron chi connectivity index (χ1n) is 6.60. The van der Waals surface area contributed by atoms with Crippen LogP contribution in [0.15, 0.2) is 30.4 Å². The Kier molecular flexibility index (Phi) is 5.09. The summed E-state index contributed by atoms with van der Waals surface area (Å²) in [7, 11) is 0. The molecule has 0 bridgehead atoms. The van der Waals surface area contributed by atoms with Crippen LogP contribution in [0.1, 0.15) is 25.3 Å². The van der Waals surface area contributed by atoms with Crippen LogP contribution in [-0.4, -0.2) is 19.8 Å². The predicted octanol–water partition coefficient (Wildman–Crippen LogP) is 2.90. The maximum atomic E-state index is 5.67. The number of benzene rings is 1. The Hall–Kier alpha value is -1.48. The van der Waals surface area contributed by atoms with Gasteiger partial charge in [0.15, 0.2) is 11.5 Å². The summed E-state index contributed by atoms with van der Waals surface area (Å²) in [5, 5.41) is 3.41. The first kappa shape index (κ1) is 13.0. The first-order chi connectivity index (χ1) is 8.90. The molecule has 1 aliphatic rings. The average molecular weight is 247 g/mol. The maximum Gasteiger partial charge on any atom is 0.161 e. The molecule has 3 heteroatoms. The van der Waals surface area contributed by atoms with E-state index in [9.17, 15) is 0 Å². The number of rotatable bonds is 5. The first-order valence-corrected chi connectivity index (χ1v) is 6.60. The van der Waals surface area contributed by atoms with E-state index in [1.807, 2.05) is 13.0 Å². The molecule has 1 heterocycles. The molecule has 0 aliphatic carbocycles. The summed E-state index contributed by atoms with van der Waals surface area (Å²) in [6.45, 7) is 5.40. The molecule has 0 amide bonds. The molecule has 0 radical (unpaired) electrons. The third kappa shape index (κ3) is 3.77. The Morgan fingerprint density at radius 3 is 2.89 bits per heavy atom. The van der Waals surface area contributed by atoms with Crippen molar-refractivity contribution in [2.75, 3.05) is 19.8 Å². The fraction of sp³-hybridized carbons (Fsp3) is 0.467. The molecule has 0 spiro atoms. The summed E-state index contributed by atoms with van der Waals surface area (Å²) in [6.07, 6.45) is 6.27. The van der Waals surface area contributed by atoms with E-state index in [1.165, 1.54) is 5.56 Å². The zero-order chi connectivity index (χ0) is 12.6. The molecule has 0 atom stereocenters. The Morgan fingerprint density at radius 1 is 1.22 bits per heavy atom.